The highest BCUT2D eigenvalue weighted by atomic mass is 16.3. The van der Waals surface area contributed by atoms with E-state index in [9.17, 15) is 9.90 Å². The molecule has 0 spiro atoms. The second kappa shape index (κ2) is 8.63. The second-order valence-electron chi connectivity index (χ2n) is 5.83. The normalized spacial score (nSPS) is 15.6. The first-order valence-electron chi connectivity index (χ1n) is 8.20. The van der Waals surface area contributed by atoms with Gasteiger partial charge >= 0.3 is 0 Å². The Labute approximate surface area is 132 Å². The summed E-state index contributed by atoms with van der Waals surface area (Å²) in [6.07, 6.45) is 2.98. The first-order chi connectivity index (χ1) is 10.7. The van der Waals surface area contributed by atoms with Gasteiger partial charge in [0.05, 0.1) is 17.9 Å². The van der Waals surface area contributed by atoms with Gasteiger partial charge in [-0.15, -0.1) is 0 Å². The Kier molecular flexibility index (Phi) is 6.52. The van der Waals surface area contributed by atoms with E-state index in [1.807, 2.05) is 25.1 Å². The fraction of sp³-hybridized carbons (Fsp3) is 0.588. The zero-order valence-electron chi connectivity index (χ0n) is 13.3. The van der Waals surface area contributed by atoms with Gasteiger partial charge in [-0.2, -0.15) is 0 Å². The van der Waals surface area contributed by atoms with E-state index in [2.05, 4.69) is 21.6 Å². The maximum atomic E-state index is 11.7. The minimum absolute atomic E-state index is 0.0237. The molecular formula is C17H27N3O2. The van der Waals surface area contributed by atoms with Crippen molar-refractivity contribution in [1.29, 1.82) is 0 Å². The van der Waals surface area contributed by atoms with Crippen LogP contribution in [0, 0.1) is 5.92 Å². The maximum absolute atomic E-state index is 11.7. The third-order valence-electron chi connectivity index (χ3n) is 4.13. The Balaban J connectivity index is 1.94. The van der Waals surface area contributed by atoms with Crippen molar-refractivity contribution in [3.05, 3.63) is 24.3 Å². The monoisotopic (exact) mass is 305 g/mol. The summed E-state index contributed by atoms with van der Waals surface area (Å²) in [5.41, 5.74) is 2.14. The number of piperidine rings is 1. The highest BCUT2D eigenvalue weighted by Gasteiger charge is 2.20. The second-order valence-corrected chi connectivity index (χ2v) is 5.83. The molecule has 0 saturated carbocycles. The van der Waals surface area contributed by atoms with Gasteiger partial charge in [0.2, 0.25) is 5.91 Å². The predicted molar refractivity (Wildman–Crippen MR) is 90.3 cm³/mol. The molecule has 0 bridgehead atoms. The van der Waals surface area contributed by atoms with E-state index >= 15 is 0 Å². The number of rotatable bonds is 7. The van der Waals surface area contributed by atoms with Crippen LogP contribution in [0.5, 0.6) is 0 Å². The van der Waals surface area contributed by atoms with Gasteiger partial charge in [0.25, 0.3) is 0 Å². The molecule has 1 aromatic rings. The minimum Gasteiger partial charge on any atom is -0.396 e. The summed E-state index contributed by atoms with van der Waals surface area (Å²) in [4.78, 5) is 14.1. The van der Waals surface area contributed by atoms with Crippen LogP contribution < -0.4 is 15.5 Å². The zero-order valence-corrected chi connectivity index (χ0v) is 13.3. The summed E-state index contributed by atoms with van der Waals surface area (Å²) in [7, 11) is 0. The molecule has 22 heavy (non-hydrogen) atoms. The number of para-hydroxylation sites is 2. The molecule has 1 saturated heterocycles. The number of nitrogens with zero attached hydrogens (tertiary/aromatic N) is 1. The average molecular weight is 305 g/mol. The number of hydrogen-bond donors (Lipinski definition) is 3. The molecule has 3 N–H and O–H groups in total. The van der Waals surface area contributed by atoms with E-state index in [1.165, 1.54) is 0 Å². The molecule has 1 aliphatic rings. The van der Waals surface area contributed by atoms with E-state index in [0.717, 1.165) is 50.3 Å². The summed E-state index contributed by atoms with van der Waals surface area (Å²) in [6, 6.07) is 8.11. The van der Waals surface area contributed by atoms with Crippen LogP contribution in [0.4, 0.5) is 11.4 Å². The number of carbonyl (C=O) groups excluding carboxylic acids is 1. The molecule has 0 aromatic heterocycles. The van der Waals surface area contributed by atoms with Gasteiger partial charge in [0.15, 0.2) is 0 Å². The summed E-state index contributed by atoms with van der Waals surface area (Å²) in [6.45, 7) is 5.24. The summed E-state index contributed by atoms with van der Waals surface area (Å²) < 4.78 is 0. The number of hydrogen-bond acceptors (Lipinski definition) is 4. The van der Waals surface area contributed by atoms with Gasteiger partial charge in [-0.1, -0.05) is 19.1 Å². The molecule has 1 heterocycles. The van der Waals surface area contributed by atoms with Crippen LogP contribution >= 0.6 is 0 Å². The number of amides is 1. The maximum Gasteiger partial charge on any atom is 0.239 e. The van der Waals surface area contributed by atoms with Crippen molar-refractivity contribution in [2.75, 3.05) is 43.0 Å². The molecule has 0 aliphatic carbocycles. The molecule has 1 aliphatic heterocycles. The average Bonchev–Trinajstić information content (AvgIpc) is 2.58. The Morgan fingerprint density at radius 3 is 2.73 bits per heavy atom. The molecular weight excluding hydrogens is 278 g/mol. The fourth-order valence-electron chi connectivity index (χ4n) is 2.76. The van der Waals surface area contributed by atoms with Crippen molar-refractivity contribution < 1.29 is 9.90 Å². The Hall–Kier alpha value is -1.75. The quantitative estimate of drug-likeness (QED) is 0.719. The number of aliphatic hydroxyl groups excluding tert-OH is 1. The molecule has 1 aromatic carbocycles. The van der Waals surface area contributed by atoms with Gasteiger partial charge in [-0.3, -0.25) is 4.79 Å². The lowest BCUT2D eigenvalue weighted by Gasteiger charge is -2.34. The number of aliphatic hydroxyl groups is 1. The van der Waals surface area contributed by atoms with Crippen LogP contribution in [0.15, 0.2) is 24.3 Å². The number of carbonyl (C=O) groups is 1. The number of benzene rings is 1. The lowest BCUT2D eigenvalue weighted by Crippen LogP contribution is -2.35. The van der Waals surface area contributed by atoms with E-state index < -0.39 is 0 Å². The minimum atomic E-state index is 0.0237. The van der Waals surface area contributed by atoms with Crippen LogP contribution in [0.3, 0.4) is 0 Å². The SMILES string of the molecule is CCCNC(=O)CNc1ccccc1N1CCC(CO)CC1. The molecule has 5 heteroatoms. The molecule has 5 nitrogen and oxygen atoms in total. The van der Waals surface area contributed by atoms with Crippen molar-refractivity contribution in [1.82, 2.24) is 5.32 Å². The molecule has 1 amide bonds. The Bertz CT molecular complexity index is 471. The number of anilines is 2. The van der Waals surface area contributed by atoms with Crippen LogP contribution in [-0.4, -0.2) is 43.8 Å². The van der Waals surface area contributed by atoms with Crippen LogP contribution in [0.2, 0.25) is 0 Å². The standard InChI is InChI=1S/C17H27N3O2/c1-2-9-18-17(22)12-19-15-5-3-4-6-16(15)20-10-7-14(13-21)8-11-20/h3-6,14,19,21H,2,7-13H2,1H3,(H,18,22). The topological polar surface area (TPSA) is 64.6 Å². The van der Waals surface area contributed by atoms with Gasteiger partial charge in [0.1, 0.15) is 0 Å². The van der Waals surface area contributed by atoms with Gasteiger partial charge in [-0.25, -0.2) is 0 Å². The lowest BCUT2D eigenvalue weighted by atomic mass is 9.97. The van der Waals surface area contributed by atoms with E-state index in [1.54, 1.807) is 0 Å². The van der Waals surface area contributed by atoms with Crippen molar-refractivity contribution in [3.8, 4) is 0 Å². The summed E-state index contributed by atoms with van der Waals surface area (Å²) in [5.74, 6) is 0.451. The molecule has 1 fully saturated rings. The van der Waals surface area contributed by atoms with Crippen LogP contribution in [0.1, 0.15) is 26.2 Å². The zero-order chi connectivity index (χ0) is 15.8. The first-order valence-corrected chi connectivity index (χ1v) is 8.20. The van der Waals surface area contributed by atoms with Gasteiger partial charge in [0, 0.05) is 26.2 Å². The van der Waals surface area contributed by atoms with Crippen molar-refractivity contribution >= 4 is 17.3 Å². The molecule has 0 unspecified atom stereocenters. The van der Waals surface area contributed by atoms with E-state index in [-0.39, 0.29) is 12.5 Å². The number of nitrogens with one attached hydrogen (secondary N) is 2. The largest absolute Gasteiger partial charge is 0.396 e. The fourth-order valence-corrected chi connectivity index (χ4v) is 2.76. The third kappa shape index (κ3) is 4.63. The van der Waals surface area contributed by atoms with Crippen molar-refractivity contribution in [2.24, 2.45) is 5.92 Å². The van der Waals surface area contributed by atoms with E-state index in [4.69, 9.17) is 0 Å². The lowest BCUT2D eigenvalue weighted by molar-refractivity contribution is -0.119. The predicted octanol–water partition coefficient (Wildman–Crippen LogP) is 1.83. The molecule has 122 valence electrons. The smallest absolute Gasteiger partial charge is 0.239 e. The Morgan fingerprint density at radius 1 is 1.32 bits per heavy atom. The van der Waals surface area contributed by atoms with Gasteiger partial charge < -0.3 is 20.6 Å². The Morgan fingerprint density at radius 2 is 2.05 bits per heavy atom. The third-order valence-corrected chi connectivity index (χ3v) is 4.13. The molecule has 2 rings (SSSR count). The first kappa shape index (κ1) is 16.6. The highest BCUT2D eigenvalue weighted by Crippen LogP contribution is 2.29. The van der Waals surface area contributed by atoms with Crippen molar-refractivity contribution in [3.63, 3.8) is 0 Å². The summed E-state index contributed by atoms with van der Waals surface area (Å²) >= 11 is 0. The van der Waals surface area contributed by atoms with E-state index in [0.29, 0.717) is 12.5 Å². The van der Waals surface area contributed by atoms with Gasteiger partial charge in [-0.05, 0) is 37.3 Å². The van der Waals surface area contributed by atoms with Crippen molar-refractivity contribution in [2.45, 2.75) is 26.2 Å². The molecule has 0 radical (unpaired) electrons. The van der Waals surface area contributed by atoms with Crippen LogP contribution in [-0.2, 0) is 4.79 Å². The summed E-state index contributed by atoms with van der Waals surface area (Å²) in [5, 5.41) is 15.4. The van der Waals surface area contributed by atoms with Crippen LogP contribution in [0.25, 0.3) is 0 Å². The highest BCUT2D eigenvalue weighted by molar-refractivity contribution is 5.82. The molecule has 0 atom stereocenters.